The number of hydrogen-bond donors (Lipinski definition) is 0. The molecule has 2 fully saturated rings. The average Bonchev–Trinajstić information content (AvgIpc) is 3.25. The van der Waals surface area contributed by atoms with Gasteiger partial charge in [-0.2, -0.15) is 5.10 Å². The second-order valence-corrected chi connectivity index (χ2v) is 6.80. The van der Waals surface area contributed by atoms with E-state index in [9.17, 15) is 9.59 Å². The van der Waals surface area contributed by atoms with Crippen molar-refractivity contribution in [3.63, 3.8) is 0 Å². The van der Waals surface area contributed by atoms with Crippen LogP contribution in [0.1, 0.15) is 23.2 Å². The van der Waals surface area contributed by atoms with Crippen LogP contribution in [0.5, 0.6) is 0 Å². The Morgan fingerprint density at radius 3 is 3.12 bits per heavy atom. The summed E-state index contributed by atoms with van der Waals surface area (Å²) in [4.78, 5) is 26.3. The van der Waals surface area contributed by atoms with Gasteiger partial charge in [0.25, 0.3) is 11.5 Å². The Kier molecular flexibility index (Phi) is 4.60. The fourth-order valence-electron chi connectivity index (χ4n) is 3.61. The van der Waals surface area contributed by atoms with Crippen molar-refractivity contribution in [3.8, 4) is 0 Å². The Hall–Kier alpha value is -2.45. The molecule has 0 aromatic carbocycles. The Bertz CT molecular complexity index is 818. The largest absolute Gasteiger partial charge is 0.472 e. The molecule has 0 N–H and O–H groups in total. The maximum absolute atomic E-state index is 12.7. The molecule has 26 heavy (non-hydrogen) atoms. The van der Waals surface area contributed by atoms with Crippen LogP contribution in [0, 0.1) is 0 Å². The molecule has 0 radical (unpaired) electrons. The molecule has 2 aromatic heterocycles. The van der Waals surface area contributed by atoms with Gasteiger partial charge in [-0.05, 0) is 25.0 Å². The molecule has 138 valence electrons. The molecule has 0 aliphatic carbocycles. The van der Waals surface area contributed by atoms with Crippen molar-refractivity contribution in [2.45, 2.75) is 31.1 Å². The van der Waals surface area contributed by atoms with Crippen LogP contribution in [0.3, 0.4) is 0 Å². The van der Waals surface area contributed by atoms with E-state index in [-0.39, 0.29) is 17.6 Å². The molecule has 1 amide bonds. The van der Waals surface area contributed by atoms with Crippen molar-refractivity contribution in [2.75, 3.05) is 26.3 Å². The Labute approximate surface area is 150 Å². The summed E-state index contributed by atoms with van der Waals surface area (Å²) in [6, 6.07) is 4.76. The van der Waals surface area contributed by atoms with E-state index in [1.54, 1.807) is 23.2 Å². The van der Waals surface area contributed by atoms with Crippen molar-refractivity contribution in [3.05, 3.63) is 52.8 Å². The first-order valence-corrected chi connectivity index (χ1v) is 8.74. The van der Waals surface area contributed by atoms with E-state index >= 15 is 0 Å². The van der Waals surface area contributed by atoms with Crippen LogP contribution in [0.15, 0.2) is 46.1 Å². The summed E-state index contributed by atoms with van der Waals surface area (Å²) in [6.07, 6.45) is 5.97. The molecule has 2 atom stereocenters. The van der Waals surface area contributed by atoms with E-state index in [2.05, 4.69) is 5.10 Å². The van der Waals surface area contributed by atoms with Crippen molar-refractivity contribution < 1.29 is 18.7 Å². The van der Waals surface area contributed by atoms with Crippen molar-refractivity contribution >= 4 is 5.91 Å². The summed E-state index contributed by atoms with van der Waals surface area (Å²) < 4.78 is 18.4. The second-order valence-electron chi connectivity index (χ2n) is 6.80. The molecule has 1 spiro atoms. The highest BCUT2D eigenvalue weighted by Crippen LogP contribution is 2.33. The van der Waals surface area contributed by atoms with Crippen molar-refractivity contribution in [1.29, 1.82) is 0 Å². The van der Waals surface area contributed by atoms with E-state index in [1.807, 2.05) is 0 Å². The maximum Gasteiger partial charge on any atom is 0.266 e. The van der Waals surface area contributed by atoms with Gasteiger partial charge in [0.1, 0.15) is 11.9 Å². The van der Waals surface area contributed by atoms with Gasteiger partial charge in [-0.25, -0.2) is 4.68 Å². The standard InChI is InChI=1S/C18H21N3O5/c22-16-2-1-6-19-21(16)10-15-3-5-18(26-15)12-20(7-9-25-13-18)17(23)14-4-8-24-11-14/h1-2,4,6,8,11,15H,3,5,7,9-10,12-13H2/t15-,18-/m0/s1. The number of hydrogen-bond acceptors (Lipinski definition) is 6. The zero-order chi connectivity index (χ0) is 18.0. The lowest BCUT2D eigenvalue weighted by Gasteiger charge is -2.31. The highest BCUT2D eigenvalue weighted by Gasteiger charge is 2.44. The van der Waals surface area contributed by atoms with Crippen LogP contribution < -0.4 is 5.56 Å². The number of nitrogens with zero attached hydrogens (tertiary/aromatic N) is 3. The van der Waals surface area contributed by atoms with Crippen LogP contribution in [0.2, 0.25) is 0 Å². The fourth-order valence-corrected chi connectivity index (χ4v) is 3.61. The predicted octanol–water partition coefficient (Wildman–Crippen LogP) is 0.927. The number of rotatable bonds is 3. The molecule has 4 heterocycles. The van der Waals surface area contributed by atoms with Crippen LogP contribution in [0.25, 0.3) is 0 Å². The molecule has 2 aliphatic heterocycles. The molecule has 2 aliphatic rings. The van der Waals surface area contributed by atoms with Gasteiger partial charge in [0.05, 0.1) is 44.2 Å². The topological polar surface area (TPSA) is 86.8 Å². The van der Waals surface area contributed by atoms with Gasteiger partial charge in [0, 0.05) is 18.8 Å². The maximum atomic E-state index is 12.7. The van der Waals surface area contributed by atoms with E-state index in [0.717, 1.165) is 12.8 Å². The van der Waals surface area contributed by atoms with Gasteiger partial charge in [0.2, 0.25) is 0 Å². The number of carbonyl (C=O) groups excluding carboxylic acids is 1. The van der Waals surface area contributed by atoms with Crippen molar-refractivity contribution in [2.24, 2.45) is 0 Å². The third-order valence-electron chi connectivity index (χ3n) is 4.91. The van der Waals surface area contributed by atoms with E-state index in [4.69, 9.17) is 13.9 Å². The first-order chi connectivity index (χ1) is 12.7. The molecule has 0 saturated carbocycles. The molecule has 8 nitrogen and oxygen atoms in total. The number of ether oxygens (including phenoxy) is 2. The van der Waals surface area contributed by atoms with E-state index < -0.39 is 5.60 Å². The first-order valence-electron chi connectivity index (χ1n) is 8.74. The van der Waals surface area contributed by atoms with Crippen LogP contribution in [-0.2, 0) is 16.0 Å². The van der Waals surface area contributed by atoms with E-state index in [1.165, 1.54) is 23.3 Å². The van der Waals surface area contributed by atoms with Gasteiger partial charge in [0.15, 0.2) is 0 Å². The fraction of sp³-hybridized carbons (Fsp3) is 0.500. The zero-order valence-corrected chi connectivity index (χ0v) is 14.4. The van der Waals surface area contributed by atoms with Gasteiger partial charge in [-0.3, -0.25) is 9.59 Å². The van der Waals surface area contributed by atoms with Crippen LogP contribution in [0.4, 0.5) is 0 Å². The smallest absolute Gasteiger partial charge is 0.266 e. The molecule has 2 saturated heterocycles. The summed E-state index contributed by atoms with van der Waals surface area (Å²) in [5.41, 5.74) is -0.165. The molecular formula is C18H21N3O5. The molecule has 0 unspecified atom stereocenters. The number of carbonyl (C=O) groups is 1. The minimum atomic E-state index is -0.543. The highest BCUT2D eigenvalue weighted by molar-refractivity contribution is 5.93. The van der Waals surface area contributed by atoms with Crippen molar-refractivity contribution in [1.82, 2.24) is 14.7 Å². The molecule has 0 bridgehead atoms. The van der Waals surface area contributed by atoms with E-state index in [0.29, 0.717) is 38.4 Å². The monoisotopic (exact) mass is 359 g/mol. The van der Waals surface area contributed by atoms with Gasteiger partial charge < -0.3 is 18.8 Å². The highest BCUT2D eigenvalue weighted by atomic mass is 16.6. The molecule has 4 rings (SSSR count). The van der Waals surface area contributed by atoms with Gasteiger partial charge in [-0.15, -0.1) is 0 Å². The normalized spacial score (nSPS) is 26.2. The third-order valence-corrected chi connectivity index (χ3v) is 4.91. The third kappa shape index (κ3) is 3.42. The minimum Gasteiger partial charge on any atom is -0.472 e. The molecule has 2 aromatic rings. The van der Waals surface area contributed by atoms with Crippen LogP contribution >= 0.6 is 0 Å². The summed E-state index contributed by atoms with van der Waals surface area (Å²) >= 11 is 0. The lowest BCUT2D eigenvalue weighted by atomic mass is 10.00. The summed E-state index contributed by atoms with van der Waals surface area (Å²) in [6.45, 7) is 2.29. The second kappa shape index (κ2) is 7.05. The SMILES string of the molecule is O=C(c1ccoc1)N1CCOC[C@]2(CC[C@@H](Cn3ncccc3=O)O2)C1. The van der Waals surface area contributed by atoms with Crippen LogP contribution in [-0.4, -0.2) is 58.6 Å². The number of furan rings is 1. The molecular weight excluding hydrogens is 338 g/mol. The lowest BCUT2D eigenvalue weighted by molar-refractivity contribution is -0.0883. The Morgan fingerprint density at radius 2 is 2.31 bits per heavy atom. The lowest BCUT2D eigenvalue weighted by Crippen LogP contribution is -2.47. The quantitative estimate of drug-likeness (QED) is 0.810. The Morgan fingerprint density at radius 1 is 1.38 bits per heavy atom. The predicted molar refractivity (Wildman–Crippen MR) is 90.8 cm³/mol. The number of aromatic nitrogens is 2. The summed E-state index contributed by atoms with van der Waals surface area (Å²) in [5, 5.41) is 4.09. The van der Waals surface area contributed by atoms with Gasteiger partial charge in [-0.1, -0.05) is 0 Å². The van der Waals surface area contributed by atoms with Gasteiger partial charge >= 0.3 is 0 Å². The zero-order valence-electron chi connectivity index (χ0n) is 14.4. The average molecular weight is 359 g/mol. The summed E-state index contributed by atoms with van der Waals surface area (Å²) in [7, 11) is 0. The Balaban J connectivity index is 1.46. The first kappa shape index (κ1) is 17.0. The summed E-state index contributed by atoms with van der Waals surface area (Å²) in [5.74, 6) is -0.0865. The minimum absolute atomic E-state index is 0.0865. The molecule has 8 heteroatoms. The number of amides is 1.